The summed E-state index contributed by atoms with van der Waals surface area (Å²) >= 11 is 0. The minimum absolute atomic E-state index is 0.679. The summed E-state index contributed by atoms with van der Waals surface area (Å²) in [6.07, 6.45) is 1.86. The Kier molecular flexibility index (Phi) is 5.43. The second-order valence-electron chi connectivity index (χ2n) is 10.9. The predicted octanol–water partition coefficient (Wildman–Crippen LogP) is 9.40. The first-order chi connectivity index (χ1) is 21.8. The number of para-hydroxylation sites is 4. The van der Waals surface area contributed by atoms with Crippen LogP contribution >= 0.6 is 0 Å². The Hall–Kier alpha value is -6.07. The molecule has 0 aliphatic rings. The van der Waals surface area contributed by atoms with Gasteiger partial charge < -0.3 is 4.57 Å². The van der Waals surface area contributed by atoms with Crippen molar-refractivity contribution in [2.75, 3.05) is 0 Å². The Morgan fingerprint density at radius 3 is 1.80 bits per heavy atom. The Labute approximate surface area is 253 Å². The summed E-state index contributed by atoms with van der Waals surface area (Å²) in [5.41, 5.74) is 9.23. The lowest BCUT2D eigenvalue weighted by Crippen LogP contribution is -2.04. The lowest BCUT2D eigenvalue weighted by atomic mass is 10.1. The molecule has 0 N–H and O–H groups in total. The zero-order valence-corrected chi connectivity index (χ0v) is 23.7. The molecule has 0 saturated heterocycles. The Morgan fingerprint density at radius 1 is 0.455 bits per heavy atom. The number of hydrogen-bond donors (Lipinski definition) is 0. The number of rotatable bonds is 4. The predicted molar refractivity (Wildman–Crippen MR) is 179 cm³/mol. The number of pyridine rings is 1. The molecule has 206 valence electrons. The van der Waals surface area contributed by atoms with Crippen molar-refractivity contribution in [3.8, 4) is 34.2 Å². The third-order valence-corrected chi connectivity index (χ3v) is 8.40. The van der Waals surface area contributed by atoms with Crippen molar-refractivity contribution in [3.05, 3.63) is 152 Å². The summed E-state index contributed by atoms with van der Waals surface area (Å²) in [6, 6.07) is 50.5. The monoisotopic (exact) mass is 563 g/mol. The first-order valence-electron chi connectivity index (χ1n) is 14.7. The van der Waals surface area contributed by atoms with Crippen molar-refractivity contribution in [2.45, 2.75) is 0 Å². The zero-order chi connectivity index (χ0) is 29.0. The maximum absolute atomic E-state index is 5.22. The fourth-order valence-electron chi connectivity index (χ4n) is 6.50. The maximum atomic E-state index is 5.22. The Balaban J connectivity index is 1.36. The summed E-state index contributed by atoms with van der Waals surface area (Å²) < 4.78 is 4.56. The molecule has 9 rings (SSSR count). The highest BCUT2D eigenvalue weighted by Crippen LogP contribution is 2.37. The molecule has 0 unspecified atom stereocenters. The maximum Gasteiger partial charge on any atom is 0.162 e. The van der Waals surface area contributed by atoms with Crippen molar-refractivity contribution in [1.29, 1.82) is 0 Å². The van der Waals surface area contributed by atoms with Gasteiger partial charge in [-0.15, -0.1) is 0 Å². The van der Waals surface area contributed by atoms with Crippen LogP contribution in [0.4, 0.5) is 0 Å². The Bertz CT molecular complexity index is 2400. The highest BCUT2D eigenvalue weighted by atomic mass is 15.1. The topological polar surface area (TPSA) is 48.5 Å². The van der Waals surface area contributed by atoms with Gasteiger partial charge in [-0.25, -0.2) is 9.97 Å². The van der Waals surface area contributed by atoms with Crippen LogP contribution in [0, 0.1) is 0 Å². The zero-order valence-electron chi connectivity index (χ0n) is 23.7. The average Bonchev–Trinajstić information content (AvgIpc) is 3.62. The van der Waals surface area contributed by atoms with E-state index in [1.54, 1.807) is 0 Å². The van der Waals surface area contributed by atoms with Crippen LogP contribution in [0.3, 0.4) is 0 Å². The molecular formula is C39H25N5. The molecule has 5 nitrogen and oxygen atoms in total. The first-order valence-corrected chi connectivity index (χ1v) is 14.7. The summed E-state index contributed by atoms with van der Waals surface area (Å²) in [5.74, 6) is 1.50. The number of benzene rings is 5. The highest BCUT2D eigenvalue weighted by molar-refractivity contribution is 6.09. The van der Waals surface area contributed by atoms with Gasteiger partial charge in [0.2, 0.25) is 0 Å². The minimum atomic E-state index is 0.679. The van der Waals surface area contributed by atoms with Crippen molar-refractivity contribution >= 4 is 43.7 Å². The van der Waals surface area contributed by atoms with E-state index in [1.807, 2.05) is 30.5 Å². The van der Waals surface area contributed by atoms with Crippen LogP contribution in [0.2, 0.25) is 0 Å². The standard InChI is InChI=1S/C39H25N5/c1-2-13-26(14-3-1)39-41-31(25-37(42-39)44-32-19-8-4-15-27(32)28-16-5-9-20-33(28)44)29-17-6-10-21-34(29)43-35-22-11-7-18-30(35)38-36(43)23-12-24-40-38/h1-25H. The molecule has 0 atom stereocenters. The normalized spacial score (nSPS) is 11.6. The highest BCUT2D eigenvalue weighted by Gasteiger charge is 2.20. The third kappa shape index (κ3) is 3.69. The lowest BCUT2D eigenvalue weighted by Gasteiger charge is -2.16. The number of hydrogen-bond acceptors (Lipinski definition) is 3. The van der Waals surface area contributed by atoms with Crippen LogP contribution in [0.5, 0.6) is 0 Å². The first kappa shape index (κ1) is 24.5. The van der Waals surface area contributed by atoms with Crippen molar-refractivity contribution in [3.63, 3.8) is 0 Å². The van der Waals surface area contributed by atoms with Gasteiger partial charge in [0.25, 0.3) is 0 Å². The van der Waals surface area contributed by atoms with Crippen LogP contribution in [0.1, 0.15) is 0 Å². The van der Waals surface area contributed by atoms with E-state index in [-0.39, 0.29) is 0 Å². The van der Waals surface area contributed by atoms with E-state index in [4.69, 9.17) is 15.0 Å². The summed E-state index contributed by atoms with van der Waals surface area (Å²) in [4.78, 5) is 15.2. The van der Waals surface area contributed by atoms with E-state index in [0.29, 0.717) is 5.82 Å². The van der Waals surface area contributed by atoms with Crippen molar-refractivity contribution < 1.29 is 0 Å². The van der Waals surface area contributed by atoms with E-state index in [1.165, 1.54) is 10.8 Å². The van der Waals surface area contributed by atoms with Crippen LogP contribution in [0.15, 0.2) is 152 Å². The van der Waals surface area contributed by atoms with Crippen molar-refractivity contribution in [2.24, 2.45) is 0 Å². The van der Waals surface area contributed by atoms with Gasteiger partial charge in [0.1, 0.15) is 5.82 Å². The van der Waals surface area contributed by atoms with Crippen molar-refractivity contribution in [1.82, 2.24) is 24.1 Å². The van der Waals surface area contributed by atoms with Crippen LogP contribution in [-0.4, -0.2) is 24.1 Å². The second kappa shape index (κ2) is 9.75. The quantitative estimate of drug-likeness (QED) is 0.214. The van der Waals surface area contributed by atoms with Crippen LogP contribution in [0.25, 0.3) is 77.9 Å². The summed E-state index contributed by atoms with van der Waals surface area (Å²) in [6.45, 7) is 0. The van der Waals surface area contributed by atoms with Gasteiger partial charge in [-0.2, -0.15) is 0 Å². The molecule has 9 aromatic rings. The van der Waals surface area contributed by atoms with E-state index >= 15 is 0 Å². The third-order valence-electron chi connectivity index (χ3n) is 8.40. The van der Waals surface area contributed by atoms with E-state index < -0.39 is 0 Å². The SMILES string of the molecule is c1ccc(-c2nc(-c3ccccc3-n3c4ccccc4c4ncccc43)cc(-n3c4ccccc4c4ccccc43)n2)cc1. The smallest absolute Gasteiger partial charge is 0.162 e. The van der Waals surface area contributed by atoms with Gasteiger partial charge in [-0.1, -0.05) is 103 Å². The number of fused-ring (bicyclic) bond motifs is 6. The molecule has 5 heteroatoms. The van der Waals surface area contributed by atoms with Gasteiger partial charge >= 0.3 is 0 Å². The molecule has 0 saturated carbocycles. The van der Waals surface area contributed by atoms with Gasteiger partial charge in [0.05, 0.1) is 39.0 Å². The molecular weight excluding hydrogens is 538 g/mol. The molecule has 0 spiro atoms. The van der Waals surface area contributed by atoms with Gasteiger partial charge in [0, 0.05) is 39.5 Å². The summed E-state index contributed by atoms with van der Waals surface area (Å²) in [5, 5.41) is 3.52. The number of nitrogens with zero attached hydrogens (tertiary/aromatic N) is 5. The summed E-state index contributed by atoms with van der Waals surface area (Å²) in [7, 11) is 0. The molecule has 44 heavy (non-hydrogen) atoms. The molecule has 0 bridgehead atoms. The largest absolute Gasteiger partial charge is 0.307 e. The molecule has 0 radical (unpaired) electrons. The lowest BCUT2D eigenvalue weighted by molar-refractivity contribution is 1.04. The molecule has 4 aromatic heterocycles. The molecule has 0 fully saturated rings. The molecule has 4 heterocycles. The second-order valence-corrected chi connectivity index (χ2v) is 10.9. The molecule has 0 amide bonds. The molecule has 5 aromatic carbocycles. The van der Waals surface area contributed by atoms with E-state index in [9.17, 15) is 0 Å². The number of aromatic nitrogens is 5. The van der Waals surface area contributed by atoms with Gasteiger partial charge in [0.15, 0.2) is 5.82 Å². The average molecular weight is 564 g/mol. The van der Waals surface area contributed by atoms with Crippen LogP contribution < -0.4 is 0 Å². The van der Waals surface area contributed by atoms with E-state index in [0.717, 1.165) is 61.3 Å². The van der Waals surface area contributed by atoms with Gasteiger partial charge in [-0.05, 0) is 36.4 Å². The Morgan fingerprint density at radius 2 is 1.05 bits per heavy atom. The van der Waals surface area contributed by atoms with Gasteiger partial charge in [-0.3, -0.25) is 9.55 Å². The fourth-order valence-corrected chi connectivity index (χ4v) is 6.50. The molecule has 0 aliphatic carbocycles. The fraction of sp³-hybridized carbons (Fsp3) is 0. The van der Waals surface area contributed by atoms with E-state index in [2.05, 4.69) is 130 Å². The minimum Gasteiger partial charge on any atom is -0.307 e. The molecule has 0 aliphatic heterocycles. The van der Waals surface area contributed by atoms with Crippen LogP contribution in [-0.2, 0) is 0 Å².